The van der Waals surface area contributed by atoms with Crippen LogP contribution in [0.1, 0.15) is 27.2 Å². The molecule has 4 heteroatoms. The lowest BCUT2D eigenvalue weighted by Gasteiger charge is -2.24. The van der Waals surface area contributed by atoms with Gasteiger partial charge in [0.1, 0.15) is 0 Å². The summed E-state index contributed by atoms with van der Waals surface area (Å²) in [5.74, 6) is 0.259. The Morgan fingerprint density at radius 2 is 2.27 bits per heavy atom. The molecule has 1 saturated heterocycles. The van der Waals surface area contributed by atoms with Gasteiger partial charge in [0.15, 0.2) is 0 Å². The lowest BCUT2D eigenvalue weighted by molar-refractivity contribution is -0.129. The molecule has 1 atom stereocenters. The van der Waals surface area contributed by atoms with Crippen molar-refractivity contribution in [3.63, 3.8) is 0 Å². The zero-order valence-corrected chi connectivity index (χ0v) is 10.3. The van der Waals surface area contributed by atoms with E-state index >= 15 is 0 Å². The van der Waals surface area contributed by atoms with Crippen molar-refractivity contribution in [1.82, 2.24) is 15.1 Å². The maximum atomic E-state index is 11.8. The molecule has 1 aliphatic rings. The maximum Gasteiger partial charge on any atom is 0.240 e. The molecule has 0 spiro atoms. The number of hydrogen-bond donors (Lipinski definition) is 1. The van der Waals surface area contributed by atoms with Gasteiger partial charge in [-0.3, -0.25) is 10.1 Å². The first-order valence-electron chi connectivity index (χ1n) is 5.78. The van der Waals surface area contributed by atoms with Gasteiger partial charge in [-0.05, 0) is 27.3 Å². The van der Waals surface area contributed by atoms with Crippen molar-refractivity contribution >= 4 is 5.91 Å². The van der Waals surface area contributed by atoms with Gasteiger partial charge >= 0.3 is 0 Å². The molecule has 1 heterocycles. The van der Waals surface area contributed by atoms with E-state index in [2.05, 4.69) is 31.1 Å². The maximum absolute atomic E-state index is 11.8. The molecule has 15 heavy (non-hydrogen) atoms. The van der Waals surface area contributed by atoms with Gasteiger partial charge in [-0.25, -0.2) is 0 Å². The van der Waals surface area contributed by atoms with Crippen molar-refractivity contribution < 1.29 is 4.79 Å². The first-order chi connectivity index (χ1) is 7.06. The number of carbonyl (C=O) groups excluding carboxylic acids is 1. The number of nitrogens with one attached hydrogen (secondary N) is 1. The molecule has 88 valence electrons. The van der Waals surface area contributed by atoms with Crippen LogP contribution in [0.3, 0.4) is 0 Å². The van der Waals surface area contributed by atoms with E-state index in [0.717, 1.165) is 19.5 Å². The van der Waals surface area contributed by atoms with Crippen molar-refractivity contribution in [3.8, 4) is 0 Å². The Bertz CT molecular complexity index is 218. The summed E-state index contributed by atoms with van der Waals surface area (Å²) in [5, 5.41) is 3.22. The molecule has 1 rings (SSSR count). The number of likely N-dealkylation sites (N-methyl/N-ethyl adjacent to an activating group) is 1. The lowest BCUT2D eigenvalue weighted by atomic mass is 10.2. The molecule has 0 radical (unpaired) electrons. The fourth-order valence-corrected chi connectivity index (χ4v) is 1.65. The van der Waals surface area contributed by atoms with E-state index < -0.39 is 0 Å². The van der Waals surface area contributed by atoms with Crippen LogP contribution in [-0.2, 0) is 4.79 Å². The Labute approximate surface area is 92.6 Å². The zero-order valence-electron chi connectivity index (χ0n) is 10.3. The summed E-state index contributed by atoms with van der Waals surface area (Å²) in [6, 6.07) is 0.590. The normalized spacial score (nSPS) is 22.1. The highest BCUT2D eigenvalue weighted by Crippen LogP contribution is 2.06. The molecule has 0 saturated carbocycles. The monoisotopic (exact) mass is 213 g/mol. The van der Waals surface area contributed by atoms with Gasteiger partial charge in [0.05, 0.1) is 12.7 Å². The summed E-state index contributed by atoms with van der Waals surface area (Å²) in [4.78, 5) is 15.9. The van der Waals surface area contributed by atoms with Gasteiger partial charge in [0.2, 0.25) is 5.91 Å². The first kappa shape index (κ1) is 12.5. The predicted octanol–water partition coefficient (Wildman–Crippen LogP) is 0.494. The standard InChI is InChI=1S/C11H23N3O/c1-5-10-11(15)14(8-12-10)7-6-13(4)9(2)3/h9-10,12H,5-8H2,1-4H3. The molecule has 1 unspecified atom stereocenters. The van der Waals surface area contributed by atoms with E-state index in [0.29, 0.717) is 12.7 Å². The van der Waals surface area contributed by atoms with Gasteiger partial charge in [-0.15, -0.1) is 0 Å². The smallest absolute Gasteiger partial charge is 0.240 e. The quantitative estimate of drug-likeness (QED) is 0.722. The highest BCUT2D eigenvalue weighted by atomic mass is 16.2. The van der Waals surface area contributed by atoms with E-state index in [4.69, 9.17) is 0 Å². The largest absolute Gasteiger partial charge is 0.327 e. The summed E-state index contributed by atoms with van der Waals surface area (Å²) >= 11 is 0. The minimum Gasteiger partial charge on any atom is -0.327 e. The highest BCUT2D eigenvalue weighted by molar-refractivity contribution is 5.83. The number of rotatable bonds is 5. The van der Waals surface area contributed by atoms with Crippen molar-refractivity contribution in [1.29, 1.82) is 0 Å². The van der Waals surface area contributed by atoms with Crippen molar-refractivity contribution in [2.75, 3.05) is 26.8 Å². The molecule has 0 aromatic carbocycles. The van der Waals surface area contributed by atoms with Gasteiger partial charge < -0.3 is 9.80 Å². The van der Waals surface area contributed by atoms with Crippen LogP contribution in [0.15, 0.2) is 0 Å². The average molecular weight is 213 g/mol. The molecule has 0 aromatic rings. The minimum atomic E-state index is 0.0503. The van der Waals surface area contributed by atoms with E-state index in [1.165, 1.54) is 0 Å². The van der Waals surface area contributed by atoms with Crippen LogP contribution in [0.2, 0.25) is 0 Å². The molecular formula is C11H23N3O. The van der Waals surface area contributed by atoms with Crippen molar-refractivity contribution in [2.45, 2.75) is 39.3 Å². The van der Waals surface area contributed by atoms with Crippen LogP contribution in [0.4, 0.5) is 0 Å². The summed E-state index contributed by atoms with van der Waals surface area (Å²) < 4.78 is 0. The van der Waals surface area contributed by atoms with Gasteiger partial charge in [0.25, 0.3) is 0 Å². The summed E-state index contributed by atoms with van der Waals surface area (Å²) in [7, 11) is 2.09. The second kappa shape index (κ2) is 5.47. The van der Waals surface area contributed by atoms with Crippen molar-refractivity contribution in [3.05, 3.63) is 0 Å². The predicted molar refractivity (Wildman–Crippen MR) is 61.6 cm³/mol. The number of hydrogen-bond acceptors (Lipinski definition) is 3. The van der Waals surface area contributed by atoms with Crippen LogP contribution >= 0.6 is 0 Å². The fraction of sp³-hybridized carbons (Fsp3) is 0.909. The van der Waals surface area contributed by atoms with Crippen molar-refractivity contribution in [2.24, 2.45) is 0 Å². The van der Waals surface area contributed by atoms with Crippen LogP contribution in [0.5, 0.6) is 0 Å². The molecule has 0 aromatic heterocycles. The van der Waals surface area contributed by atoms with Crippen LogP contribution in [0.25, 0.3) is 0 Å². The summed E-state index contributed by atoms with van der Waals surface area (Å²) in [5.41, 5.74) is 0. The molecule has 1 amide bonds. The molecule has 1 N–H and O–H groups in total. The molecule has 1 fully saturated rings. The molecule has 0 aliphatic carbocycles. The third-order valence-electron chi connectivity index (χ3n) is 3.15. The molecular weight excluding hydrogens is 190 g/mol. The van der Waals surface area contributed by atoms with E-state index in [9.17, 15) is 4.79 Å². The summed E-state index contributed by atoms with van der Waals surface area (Å²) in [6.07, 6.45) is 0.884. The second-order valence-corrected chi connectivity index (χ2v) is 4.50. The number of nitrogens with zero attached hydrogens (tertiary/aromatic N) is 2. The minimum absolute atomic E-state index is 0.0503. The Balaban J connectivity index is 2.32. The average Bonchev–Trinajstić information content (AvgIpc) is 2.55. The number of amides is 1. The lowest BCUT2D eigenvalue weighted by Crippen LogP contribution is -2.38. The number of carbonyl (C=O) groups is 1. The van der Waals surface area contributed by atoms with E-state index in [-0.39, 0.29) is 11.9 Å². The highest BCUT2D eigenvalue weighted by Gasteiger charge is 2.29. The molecule has 1 aliphatic heterocycles. The van der Waals surface area contributed by atoms with Gasteiger partial charge in [-0.2, -0.15) is 0 Å². The molecule has 0 bridgehead atoms. The third kappa shape index (κ3) is 3.18. The summed E-state index contributed by atoms with van der Waals surface area (Å²) in [6.45, 7) is 8.86. The Kier molecular flexibility index (Phi) is 4.54. The van der Waals surface area contributed by atoms with Gasteiger partial charge in [0, 0.05) is 19.1 Å². The Hall–Kier alpha value is -0.610. The zero-order chi connectivity index (χ0) is 11.4. The third-order valence-corrected chi connectivity index (χ3v) is 3.15. The second-order valence-electron chi connectivity index (χ2n) is 4.50. The fourth-order valence-electron chi connectivity index (χ4n) is 1.65. The molecule has 4 nitrogen and oxygen atoms in total. The van der Waals surface area contributed by atoms with Crippen LogP contribution in [-0.4, -0.2) is 54.6 Å². The van der Waals surface area contributed by atoms with Crippen LogP contribution < -0.4 is 5.32 Å². The van der Waals surface area contributed by atoms with Crippen LogP contribution in [0, 0.1) is 0 Å². The van der Waals surface area contributed by atoms with E-state index in [1.807, 2.05) is 11.8 Å². The SMILES string of the molecule is CCC1NCN(CCN(C)C(C)C)C1=O. The Morgan fingerprint density at radius 1 is 1.60 bits per heavy atom. The topological polar surface area (TPSA) is 35.6 Å². The van der Waals surface area contributed by atoms with E-state index in [1.54, 1.807) is 0 Å². The van der Waals surface area contributed by atoms with Gasteiger partial charge in [-0.1, -0.05) is 6.92 Å². The Morgan fingerprint density at radius 3 is 2.73 bits per heavy atom. The first-order valence-corrected chi connectivity index (χ1v) is 5.78.